The molecule has 0 aliphatic carbocycles. The summed E-state index contributed by atoms with van der Waals surface area (Å²) in [5, 5.41) is 0. The smallest absolute Gasteiger partial charge is 0.143 e. The van der Waals surface area contributed by atoms with Crippen molar-refractivity contribution in [1.82, 2.24) is 9.97 Å². The molecule has 13 heavy (non-hydrogen) atoms. The Hall–Kier alpha value is -0.960. The van der Waals surface area contributed by atoms with Gasteiger partial charge in [0.15, 0.2) is 0 Å². The van der Waals surface area contributed by atoms with Crippen molar-refractivity contribution in [2.24, 2.45) is 0 Å². The summed E-state index contributed by atoms with van der Waals surface area (Å²) in [4.78, 5) is 9.65. The van der Waals surface area contributed by atoms with Gasteiger partial charge in [-0.05, 0) is 17.0 Å². The average molecular weight is 192 g/mol. The van der Waals surface area contributed by atoms with Crippen molar-refractivity contribution in [1.29, 1.82) is 0 Å². The van der Waals surface area contributed by atoms with Crippen molar-refractivity contribution in [3.63, 3.8) is 0 Å². The highest BCUT2D eigenvalue weighted by molar-refractivity contribution is 7.16. The van der Waals surface area contributed by atoms with Gasteiger partial charge in [0, 0.05) is 6.20 Å². The summed E-state index contributed by atoms with van der Waals surface area (Å²) in [6, 6.07) is 2.06. The fourth-order valence-corrected chi connectivity index (χ4v) is 2.03. The zero-order valence-corrected chi connectivity index (χ0v) is 8.85. The van der Waals surface area contributed by atoms with Crippen molar-refractivity contribution in [2.75, 3.05) is 0 Å². The normalized spacial score (nSPS) is 12.2. The van der Waals surface area contributed by atoms with E-state index in [1.165, 1.54) is 5.56 Å². The van der Waals surface area contributed by atoms with Gasteiger partial charge in [-0.25, -0.2) is 9.97 Å². The Morgan fingerprint density at radius 2 is 2.00 bits per heavy atom. The Bertz CT molecular complexity index is 426. The lowest BCUT2D eigenvalue weighted by atomic mass is 9.87. The van der Waals surface area contributed by atoms with Crippen molar-refractivity contribution < 1.29 is 0 Å². The molecule has 0 aromatic carbocycles. The lowest BCUT2D eigenvalue weighted by Crippen LogP contribution is -2.11. The molecule has 0 N–H and O–H groups in total. The van der Waals surface area contributed by atoms with E-state index in [1.807, 2.05) is 11.7 Å². The summed E-state index contributed by atoms with van der Waals surface area (Å²) in [7, 11) is 0. The summed E-state index contributed by atoms with van der Waals surface area (Å²) >= 11 is 1.60. The molecule has 0 saturated carbocycles. The van der Waals surface area contributed by atoms with Crippen LogP contribution in [-0.2, 0) is 5.41 Å². The van der Waals surface area contributed by atoms with E-state index < -0.39 is 0 Å². The maximum Gasteiger partial charge on any atom is 0.143 e. The largest absolute Gasteiger partial charge is 0.244 e. The van der Waals surface area contributed by atoms with Crippen LogP contribution in [0.15, 0.2) is 17.8 Å². The number of hydrogen-bond donors (Lipinski definition) is 0. The summed E-state index contributed by atoms with van der Waals surface area (Å²) in [6.45, 7) is 6.59. The molecule has 0 bridgehead atoms. The molecule has 0 aliphatic heterocycles. The third kappa shape index (κ3) is 1.44. The van der Waals surface area contributed by atoms with Crippen LogP contribution in [0.5, 0.6) is 0 Å². The number of fused-ring (bicyclic) bond motifs is 1. The van der Waals surface area contributed by atoms with Crippen LogP contribution in [0.25, 0.3) is 10.3 Å². The van der Waals surface area contributed by atoms with Gasteiger partial charge in [-0.1, -0.05) is 20.8 Å². The number of hydrogen-bond acceptors (Lipinski definition) is 3. The van der Waals surface area contributed by atoms with Gasteiger partial charge in [-0.15, -0.1) is 11.3 Å². The van der Waals surface area contributed by atoms with E-state index >= 15 is 0 Å². The molecule has 0 unspecified atom stereocenters. The van der Waals surface area contributed by atoms with E-state index in [1.54, 1.807) is 11.3 Å². The molecule has 2 heterocycles. The van der Waals surface area contributed by atoms with Crippen LogP contribution < -0.4 is 0 Å². The summed E-state index contributed by atoms with van der Waals surface area (Å²) in [6.07, 6.45) is 1.86. The Morgan fingerprint density at radius 3 is 2.69 bits per heavy atom. The van der Waals surface area contributed by atoms with E-state index in [-0.39, 0.29) is 5.41 Å². The lowest BCUT2D eigenvalue weighted by Gasteiger charge is -2.18. The Kier molecular flexibility index (Phi) is 1.84. The molecule has 2 nitrogen and oxygen atoms in total. The van der Waals surface area contributed by atoms with Crippen LogP contribution in [-0.4, -0.2) is 9.97 Å². The molecule has 0 radical (unpaired) electrons. The Morgan fingerprint density at radius 1 is 1.23 bits per heavy atom. The van der Waals surface area contributed by atoms with Crippen LogP contribution >= 0.6 is 11.3 Å². The van der Waals surface area contributed by atoms with Gasteiger partial charge in [-0.2, -0.15) is 0 Å². The van der Waals surface area contributed by atoms with E-state index in [2.05, 4.69) is 36.8 Å². The quantitative estimate of drug-likeness (QED) is 0.641. The van der Waals surface area contributed by atoms with Crippen LogP contribution in [0.2, 0.25) is 0 Å². The van der Waals surface area contributed by atoms with Crippen LogP contribution in [0, 0.1) is 0 Å². The maximum atomic E-state index is 4.34. The molecule has 2 aromatic rings. The summed E-state index contributed by atoms with van der Waals surface area (Å²) in [5.74, 6) is 0. The molecular formula is C10H12N2S. The Labute approximate surface area is 81.7 Å². The second-order valence-electron chi connectivity index (χ2n) is 4.11. The number of aromatic nitrogens is 2. The molecule has 68 valence electrons. The van der Waals surface area contributed by atoms with Gasteiger partial charge in [0.1, 0.15) is 10.3 Å². The number of thiazole rings is 1. The predicted octanol–water partition coefficient (Wildman–Crippen LogP) is 2.99. The van der Waals surface area contributed by atoms with Crippen LogP contribution in [0.4, 0.5) is 0 Å². The third-order valence-electron chi connectivity index (χ3n) is 2.04. The number of nitrogens with zero attached hydrogens (tertiary/aromatic N) is 2. The van der Waals surface area contributed by atoms with Crippen LogP contribution in [0.1, 0.15) is 26.3 Å². The first-order chi connectivity index (χ1) is 6.09. The molecule has 0 spiro atoms. The summed E-state index contributed by atoms with van der Waals surface area (Å²) < 4.78 is 0. The minimum atomic E-state index is 0.148. The van der Waals surface area contributed by atoms with Gasteiger partial charge >= 0.3 is 0 Å². The van der Waals surface area contributed by atoms with E-state index in [4.69, 9.17) is 0 Å². The number of rotatable bonds is 0. The fourth-order valence-electron chi connectivity index (χ4n) is 1.38. The lowest BCUT2D eigenvalue weighted by molar-refractivity contribution is 0.594. The molecule has 3 heteroatoms. The van der Waals surface area contributed by atoms with Gasteiger partial charge in [0.2, 0.25) is 0 Å². The first-order valence-electron chi connectivity index (χ1n) is 4.28. The second-order valence-corrected chi connectivity index (χ2v) is 4.95. The minimum Gasteiger partial charge on any atom is -0.244 e. The highest BCUT2D eigenvalue weighted by Crippen LogP contribution is 2.29. The SMILES string of the molecule is CC(C)(C)c1ccnc2scnc12. The van der Waals surface area contributed by atoms with E-state index in [0.29, 0.717) is 0 Å². The van der Waals surface area contributed by atoms with Crippen LogP contribution in [0.3, 0.4) is 0 Å². The highest BCUT2D eigenvalue weighted by Gasteiger charge is 2.18. The molecule has 0 fully saturated rings. The molecule has 0 saturated heterocycles. The molecule has 0 aliphatic rings. The monoisotopic (exact) mass is 192 g/mol. The van der Waals surface area contributed by atoms with Gasteiger partial charge in [0.05, 0.1) is 5.51 Å². The minimum absolute atomic E-state index is 0.148. The van der Waals surface area contributed by atoms with Gasteiger partial charge < -0.3 is 0 Å². The molecule has 2 rings (SSSR count). The highest BCUT2D eigenvalue weighted by atomic mass is 32.1. The molecule has 2 aromatic heterocycles. The second kappa shape index (κ2) is 2.77. The standard InChI is InChI=1S/C10H12N2S/c1-10(2,3)7-4-5-11-9-8(7)12-6-13-9/h4-6H,1-3H3. The zero-order valence-electron chi connectivity index (χ0n) is 8.03. The molecule has 0 amide bonds. The first-order valence-corrected chi connectivity index (χ1v) is 5.16. The first kappa shape index (κ1) is 8.63. The molecule has 0 atom stereocenters. The van der Waals surface area contributed by atoms with Crippen molar-refractivity contribution in [2.45, 2.75) is 26.2 Å². The van der Waals surface area contributed by atoms with Gasteiger partial charge in [0.25, 0.3) is 0 Å². The molecular weight excluding hydrogens is 180 g/mol. The van der Waals surface area contributed by atoms with E-state index in [0.717, 1.165) is 10.3 Å². The Balaban J connectivity index is 2.75. The number of pyridine rings is 1. The third-order valence-corrected chi connectivity index (χ3v) is 2.78. The topological polar surface area (TPSA) is 25.8 Å². The van der Waals surface area contributed by atoms with Crippen molar-refractivity contribution >= 4 is 21.7 Å². The fraction of sp³-hybridized carbons (Fsp3) is 0.400. The maximum absolute atomic E-state index is 4.34. The van der Waals surface area contributed by atoms with Crippen molar-refractivity contribution in [3.05, 3.63) is 23.3 Å². The van der Waals surface area contributed by atoms with Gasteiger partial charge in [-0.3, -0.25) is 0 Å². The van der Waals surface area contributed by atoms with Crippen molar-refractivity contribution in [3.8, 4) is 0 Å². The summed E-state index contributed by atoms with van der Waals surface area (Å²) in [5.41, 5.74) is 4.33. The van der Waals surface area contributed by atoms with E-state index in [9.17, 15) is 0 Å². The predicted molar refractivity (Wildman–Crippen MR) is 56.1 cm³/mol. The zero-order chi connectivity index (χ0) is 9.47. The average Bonchev–Trinajstić information content (AvgIpc) is 2.48.